The summed E-state index contributed by atoms with van der Waals surface area (Å²) < 4.78 is 68.5. The smallest absolute Gasteiger partial charge is 0.417 e. The van der Waals surface area contributed by atoms with E-state index in [9.17, 15) is 30.7 Å². The minimum Gasteiger partial charge on any atom is -0.456 e. The van der Waals surface area contributed by atoms with Crippen molar-refractivity contribution < 1.29 is 35.5 Å². The van der Waals surface area contributed by atoms with Crippen molar-refractivity contribution in [1.82, 2.24) is 0 Å². The number of carbonyl (C=O) groups excluding carboxylic acids is 1. The van der Waals surface area contributed by atoms with Gasteiger partial charge in [-0.3, -0.25) is 9.11 Å². The summed E-state index contributed by atoms with van der Waals surface area (Å²) >= 11 is 0. The lowest BCUT2D eigenvalue weighted by atomic mass is 9.98. The fourth-order valence-corrected chi connectivity index (χ4v) is 3.97. The van der Waals surface area contributed by atoms with Gasteiger partial charge in [0.25, 0.3) is 20.2 Å². The van der Waals surface area contributed by atoms with Crippen molar-refractivity contribution in [3.8, 4) is 11.1 Å². The lowest BCUT2D eigenvalue weighted by Crippen LogP contribution is -2.08. The third-order valence-electron chi connectivity index (χ3n) is 3.99. The van der Waals surface area contributed by atoms with Crippen LogP contribution in [0.4, 0.5) is 0 Å². The summed E-state index contributed by atoms with van der Waals surface area (Å²) in [4.78, 5) is 9.74. The standard InChI is InChI=1S/C15H11O8S2/c16-8-23-7-15-13-5-9(24(17,18)19)1-3-11(13)12-4-2-10(6-14(12)15)25(20,21)22/h1-6,15H,7H2,(H,17,18,19)(H,20,21,22). The number of ether oxygens (including phenoxy) is 1. The second kappa shape index (κ2) is 5.92. The van der Waals surface area contributed by atoms with Gasteiger partial charge in [0, 0.05) is 5.92 Å². The monoisotopic (exact) mass is 383 g/mol. The summed E-state index contributed by atoms with van der Waals surface area (Å²) in [5, 5.41) is 0. The molecule has 0 aromatic heterocycles. The SMILES string of the molecule is O=[C]OCC1c2cc(S(=O)(=O)O)ccc2-c2ccc(S(=O)(=O)O)cc21. The molecule has 0 saturated carbocycles. The van der Waals surface area contributed by atoms with Gasteiger partial charge in [0.1, 0.15) is 6.61 Å². The highest BCUT2D eigenvalue weighted by atomic mass is 32.2. The normalized spacial score (nSPS) is 14.0. The van der Waals surface area contributed by atoms with E-state index in [0.717, 1.165) is 0 Å². The summed E-state index contributed by atoms with van der Waals surface area (Å²) in [7, 11) is -8.88. The number of rotatable bonds is 5. The Morgan fingerprint density at radius 2 is 1.32 bits per heavy atom. The van der Waals surface area contributed by atoms with Gasteiger partial charge < -0.3 is 4.74 Å². The fourth-order valence-electron chi connectivity index (χ4n) is 2.93. The van der Waals surface area contributed by atoms with Crippen molar-refractivity contribution in [2.45, 2.75) is 15.7 Å². The van der Waals surface area contributed by atoms with Crippen LogP contribution in [0.25, 0.3) is 11.1 Å². The first-order valence-electron chi connectivity index (χ1n) is 6.85. The van der Waals surface area contributed by atoms with E-state index in [-0.39, 0.29) is 16.4 Å². The molecule has 2 aromatic carbocycles. The molecule has 0 saturated heterocycles. The summed E-state index contributed by atoms with van der Waals surface area (Å²) in [5.74, 6) is -0.671. The summed E-state index contributed by atoms with van der Waals surface area (Å²) in [6.07, 6.45) is 0. The molecule has 0 fully saturated rings. The van der Waals surface area contributed by atoms with Crippen LogP contribution in [0.2, 0.25) is 0 Å². The Morgan fingerprint density at radius 3 is 1.68 bits per heavy atom. The molecule has 131 valence electrons. The Balaban J connectivity index is 2.22. The molecule has 1 aliphatic rings. The summed E-state index contributed by atoms with van der Waals surface area (Å²) in [6, 6.07) is 7.82. The van der Waals surface area contributed by atoms with E-state index in [0.29, 0.717) is 22.3 Å². The molecule has 0 amide bonds. The second-order valence-corrected chi connectivity index (χ2v) is 8.24. The second-order valence-electron chi connectivity index (χ2n) is 5.40. The number of hydrogen-bond donors (Lipinski definition) is 2. The van der Waals surface area contributed by atoms with Crippen LogP contribution in [0, 0.1) is 0 Å². The van der Waals surface area contributed by atoms with E-state index >= 15 is 0 Å². The van der Waals surface area contributed by atoms with Crippen LogP contribution in [0.1, 0.15) is 17.0 Å². The van der Waals surface area contributed by atoms with E-state index in [1.807, 2.05) is 0 Å². The first-order valence-corrected chi connectivity index (χ1v) is 9.73. The molecule has 0 unspecified atom stereocenters. The Morgan fingerprint density at radius 1 is 0.880 bits per heavy atom. The van der Waals surface area contributed by atoms with E-state index in [4.69, 9.17) is 0 Å². The molecule has 0 spiro atoms. The van der Waals surface area contributed by atoms with Crippen molar-refractivity contribution in [3.05, 3.63) is 47.5 Å². The molecule has 1 aliphatic carbocycles. The molecule has 8 nitrogen and oxygen atoms in total. The van der Waals surface area contributed by atoms with Gasteiger partial charge in [-0.15, -0.1) is 0 Å². The lowest BCUT2D eigenvalue weighted by Gasteiger charge is -2.12. The number of fused-ring (bicyclic) bond motifs is 3. The van der Waals surface area contributed by atoms with Crippen molar-refractivity contribution >= 4 is 26.7 Å². The molecule has 25 heavy (non-hydrogen) atoms. The van der Waals surface area contributed by atoms with E-state index < -0.39 is 26.2 Å². The highest BCUT2D eigenvalue weighted by molar-refractivity contribution is 7.86. The maximum absolute atomic E-state index is 11.4. The van der Waals surface area contributed by atoms with Crippen LogP contribution in [0.3, 0.4) is 0 Å². The maximum atomic E-state index is 11.4. The predicted octanol–water partition coefficient (Wildman–Crippen LogP) is 1.38. The van der Waals surface area contributed by atoms with Gasteiger partial charge in [0.2, 0.25) is 0 Å². The Labute approximate surface area is 143 Å². The number of hydrogen-bond acceptors (Lipinski definition) is 6. The molecular formula is C15H11O8S2. The van der Waals surface area contributed by atoms with E-state index in [1.54, 1.807) is 0 Å². The van der Waals surface area contributed by atoms with Gasteiger partial charge in [0.15, 0.2) is 0 Å². The van der Waals surface area contributed by atoms with Crippen LogP contribution >= 0.6 is 0 Å². The quantitative estimate of drug-likeness (QED) is 0.739. The first kappa shape index (κ1) is 17.5. The molecular weight excluding hydrogens is 372 g/mol. The average Bonchev–Trinajstić information content (AvgIpc) is 2.83. The van der Waals surface area contributed by atoms with Crippen LogP contribution in [0.5, 0.6) is 0 Å². The molecule has 2 aromatic rings. The maximum Gasteiger partial charge on any atom is 0.417 e. The topological polar surface area (TPSA) is 135 Å². The van der Waals surface area contributed by atoms with Crippen LogP contribution < -0.4 is 0 Å². The summed E-state index contributed by atoms with van der Waals surface area (Å²) in [5.41, 5.74) is 2.08. The van der Waals surface area contributed by atoms with Gasteiger partial charge in [-0.1, -0.05) is 12.1 Å². The molecule has 3 rings (SSSR count). The van der Waals surface area contributed by atoms with E-state index in [1.165, 1.54) is 42.9 Å². The predicted molar refractivity (Wildman–Crippen MR) is 85.0 cm³/mol. The third kappa shape index (κ3) is 3.16. The third-order valence-corrected chi connectivity index (χ3v) is 5.69. The van der Waals surface area contributed by atoms with Crippen molar-refractivity contribution in [3.63, 3.8) is 0 Å². The zero-order valence-electron chi connectivity index (χ0n) is 12.4. The lowest BCUT2D eigenvalue weighted by molar-refractivity contribution is 0.268. The largest absolute Gasteiger partial charge is 0.456 e. The Hall–Kier alpha value is -2.27. The summed E-state index contributed by atoms with van der Waals surface area (Å²) in [6.45, 7) is 1.05. The van der Waals surface area contributed by atoms with Gasteiger partial charge in [-0.25, -0.2) is 4.79 Å². The molecule has 0 bridgehead atoms. The van der Waals surface area contributed by atoms with Crippen LogP contribution in [-0.2, 0) is 29.8 Å². The van der Waals surface area contributed by atoms with Crippen molar-refractivity contribution in [2.24, 2.45) is 0 Å². The van der Waals surface area contributed by atoms with Gasteiger partial charge in [-0.05, 0) is 46.5 Å². The minimum absolute atomic E-state index is 0.215. The first-order chi connectivity index (χ1) is 11.6. The Bertz CT molecular complexity index is 989. The number of benzene rings is 2. The highest BCUT2D eigenvalue weighted by Crippen LogP contribution is 2.46. The van der Waals surface area contributed by atoms with E-state index in [2.05, 4.69) is 4.74 Å². The Kier molecular flexibility index (Phi) is 4.15. The highest BCUT2D eigenvalue weighted by Gasteiger charge is 2.32. The van der Waals surface area contributed by atoms with Crippen LogP contribution in [-0.4, -0.2) is 39.0 Å². The van der Waals surface area contributed by atoms with Crippen molar-refractivity contribution in [2.75, 3.05) is 6.61 Å². The zero-order chi connectivity index (χ0) is 18.4. The molecule has 0 aliphatic heterocycles. The van der Waals surface area contributed by atoms with Gasteiger partial charge >= 0.3 is 6.47 Å². The van der Waals surface area contributed by atoms with Crippen molar-refractivity contribution in [1.29, 1.82) is 0 Å². The molecule has 0 atom stereocenters. The van der Waals surface area contributed by atoms with Crippen LogP contribution in [0.15, 0.2) is 46.2 Å². The average molecular weight is 383 g/mol. The van der Waals surface area contributed by atoms with Gasteiger partial charge in [-0.2, -0.15) is 16.8 Å². The zero-order valence-corrected chi connectivity index (χ0v) is 14.0. The molecule has 2 N–H and O–H groups in total. The molecule has 0 heterocycles. The van der Waals surface area contributed by atoms with Gasteiger partial charge in [0.05, 0.1) is 9.79 Å². The molecule has 1 radical (unpaired) electrons. The minimum atomic E-state index is -4.44. The fraction of sp³-hybridized carbons (Fsp3) is 0.133. The molecule has 10 heteroatoms.